The van der Waals surface area contributed by atoms with E-state index in [0.717, 1.165) is 18.4 Å². The Bertz CT molecular complexity index is 204. The Morgan fingerprint density at radius 1 is 1.73 bits per heavy atom. The first-order chi connectivity index (χ1) is 5.25. The van der Waals surface area contributed by atoms with E-state index < -0.39 is 0 Å². The number of esters is 1. The molecule has 0 aliphatic heterocycles. The van der Waals surface area contributed by atoms with Crippen LogP contribution in [0.3, 0.4) is 0 Å². The van der Waals surface area contributed by atoms with E-state index in [4.69, 9.17) is 0 Å². The van der Waals surface area contributed by atoms with Crippen LogP contribution < -0.4 is 0 Å². The van der Waals surface area contributed by atoms with Crippen molar-refractivity contribution < 1.29 is 9.53 Å². The Labute approximate surface area is 66.5 Å². The number of methoxy groups -OCH3 is 1. The summed E-state index contributed by atoms with van der Waals surface area (Å²) in [5, 5.41) is 0. The first-order valence-corrected chi connectivity index (χ1v) is 3.66. The second kappa shape index (κ2) is 3.37. The van der Waals surface area contributed by atoms with Gasteiger partial charge in [-0.2, -0.15) is 0 Å². The summed E-state index contributed by atoms with van der Waals surface area (Å²) in [7, 11) is 1.41. The third-order valence-electron chi connectivity index (χ3n) is 1.90. The number of carbonyl (C=O) groups excluding carboxylic acids is 1. The lowest BCUT2D eigenvalue weighted by Crippen LogP contribution is -2.18. The third-order valence-corrected chi connectivity index (χ3v) is 1.90. The molecule has 1 aliphatic carbocycles. The monoisotopic (exact) mass is 152 g/mol. The van der Waals surface area contributed by atoms with Crippen LogP contribution in [0.1, 0.15) is 12.8 Å². The highest BCUT2D eigenvalue weighted by Crippen LogP contribution is 2.23. The Morgan fingerprint density at radius 2 is 2.45 bits per heavy atom. The fourth-order valence-electron chi connectivity index (χ4n) is 1.18. The van der Waals surface area contributed by atoms with Gasteiger partial charge in [0.25, 0.3) is 0 Å². The zero-order chi connectivity index (χ0) is 8.27. The highest BCUT2D eigenvalue weighted by Gasteiger charge is 2.22. The molecule has 0 heterocycles. The zero-order valence-corrected chi connectivity index (χ0v) is 6.67. The Kier molecular flexibility index (Phi) is 2.47. The van der Waals surface area contributed by atoms with Gasteiger partial charge in [0.15, 0.2) is 0 Å². The highest BCUT2D eigenvalue weighted by molar-refractivity contribution is 5.76. The van der Waals surface area contributed by atoms with Gasteiger partial charge in [-0.25, -0.2) is 0 Å². The number of rotatable bonds is 1. The Balaban J connectivity index is 2.64. The lowest BCUT2D eigenvalue weighted by molar-refractivity contribution is -0.144. The maximum Gasteiger partial charge on any atom is 0.313 e. The van der Waals surface area contributed by atoms with Crippen molar-refractivity contribution in [2.45, 2.75) is 12.8 Å². The van der Waals surface area contributed by atoms with Gasteiger partial charge in [-0.3, -0.25) is 4.79 Å². The summed E-state index contributed by atoms with van der Waals surface area (Å²) in [5.74, 6) is -0.274. The van der Waals surface area contributed by atoms with E-state index >= 15 is 0 Å². The summed E-state index contributed by atoms with van der Waals surface area (Å²) in [6, 6.07) is 0. The van der Waals surface area contributed by atoms with Crippen molar-refractivity contribution in [2.75, 3.05) is 7.11 Å². The predicted molar refractivity (Wildman–Crippen MR) is 43.0 cm³/mol. The molecule has 1 aliphatic rings. The lowest BCUT2D eigenvalue weighted by Gasteiger charge is -2.17. The summed E-state index contributed by atoms with van der Waals surface area (Å²) in [5.41, 5.74) is 0.958. The number of allylic oxidation sites excluding steroid dienone is 2. The molecule has 0 radical (unpaired) electrons. The fraction of sp³-hybridized carbons (Fsp3) is 0.444. The van der Waals surface area contributed by atoms with Crippen molar-refractivity contribution in [3.8, 4) is 0 Å². The van der Waals surface area contributed by atoms with Crippen LogP contribution in [0.4, 0.5) is 0 Å². The summed E-state index contributed by atoms with van der Waals surface area (Å²) in [6.07, 6.45) is 5.57. The molecular formula is C9H12O2. The smallest absolute Gasteiger partial charge is 0.313 e. The van der Waals surface area contributed by atoms with Gasteiger partial charge in [0, 0.05) is 0 Å². The first-order valence-electron chi connectivity index (χ1n) is 3.66. The largest absolute Gasteiger partial charge is 0.469 e. The molecule has 1 rings (SSSR count). The van der Waals surface area contributed by atoms with Crippen molar-refractivity contribution >= 4 is 5.97 Å². The van der Waals surface area contributed by atoms with Crippen molar-refractivity contribution in [3.05, 3.63) is 24.3 Å². The maximum atomic E-state index is 11.1. The zero-order valence-electron chi connectivity index (χ0n) is 6.67. The molecule has 60 valence electrons. The van der Waals surface area contributed by atoms with Gasteiger partial charge in [-0.1, -0.05) is 24.3 Å². The summed E-state index contributed by atoms with van der Waals surface area (Å²) in [4.78, 5) is 11.1. The van der Waals surface area contributed by atoms with Gasteiger partial charge in [0.05, 0.1) is 13.0 Å². The molecule has 0 fully saturated rings. The molecular weight excluding hydrogens is 140 g/mol. The second-order valence-electron chi connectivity index (χ2n) is 2.65. The van der Waals surface area contributed by atoms with E-state index in [1.54, 1.807) is 0 Å². The molecule has 0 saturated heterocycles. The average Bonchev–Trinajstić information content (AvgIpc) is 2.04. The van der Waals surface area contributed by atoms with Crippen molar-refractivity contribution in [1.29, 1.82) is 0 Å². The molecule has 0 amide bonds. The van der Waals surface area contributed by atoms with Crippen LogP contribution in [0.2, 0.25) is 0 Å². The van der Waals surface area contributed by atoms with Crippen LogP contribution >= 0.6 is 0 Å². The van der Waals surface area contributed by atoms with Gasteiger partial charge in [0.1, 0.15) is 0 Å². The molecule has 0 aromatic rings. The Morgan fingerprint density at radius 3 is 3.00 bits per heavy atom. The molecule has 0 N–H and O–H groups in total. The maximum absolute atomic E-state index is 11.1. The van der Waals surface area contributed by atoms with E-state index in [2.05, 4.69) is 11.3 Å². The molecule has 2 heteroatoms. The highest BCUT2D eigenvalue weighted by atomic mass is 16.5. The quantitative estimate of drug-likeness (QED) is 0.422. The van der Waals surface area contributed by atoms with Crippen LogP contribution in [-0.2, 0) is 9.53 Å². The van der Waals surface area contributed by atoms with Gasteiger partial charge < -0.3 is 4.74 Å². The van der Waals surface area contributed by atoms with Crippen molar-refractivity contribution in [3.63, 3.8) is 0 Å². The fourth-order valence-corrected chi connectivity index (χ4v) is 1.18. The van der Waals surface area contributed by atoms with E-state index in [1.807, 2.05) is 12.2 Å². The number of hydrogen-bond acceptors (Lipinski definition) is 2. The molecule has 1 unspecified atom stereocenters. The third kappa shape index (κ3) is 1.70. The first kappa shape index (κ1) is 8.05. The summed E-state index contributed by atoms with van der Waals surface area (Å²) < 4.78 is 4.63. The van der Waals surface area contributed by atoms with Crippen LogP contribution in [0.15, 0.2) is 24.3 Å². The van der Waals surface area contributed by atoms with Gasteiger partial charge in [-0.05, 0) is 12.8 Å². The van der Waals surface area contributed by atoms with E-state index in [0.29, 0.717) is 0 Å². The minimum atomic E-state index is -0.167. The standard InChI is InChI=1S/C9H12O2/c1-7-5-3-4-6-8(7)9(10)11-2/h3-4,8H,1,5-6H2,2H3. The number of carbonyl (C=O) groups is 1. The summed E-state index contributed by atoms with van der Waals surface area (Å²) in [6.45, 7) is 3.81. The topological polar surface area (TPSA) is 26.3 Å². The van der Waals surface area contributed by atoms with Crippen molar-refractivity contribution in [2.24, 2.45) is 5.92 Å². The summed E-state index contributed by atoms with van der Waals surface area (Å²) >= 11 is 0. The minimum absolute atomic E-state index is 0.106. The normalized spacial score (nSPS) is 23.4. The molecule has 11 heavy (non-hydrogen) atoms. The number of hydrogen-bond donors (Lipinski definition) is 0. The molecule has 1 atom stereocenters. The predicted octanol–water partition coefficient (Wildman–Crippen LogP) is 1.68. The average molecular weight is 152 g/mol. The second-order valence-corrected chi connectivity index (χ2v) is 2.65. The van der Waals surface area contributed by atoms with Gasteiger partial charge in [0.2, 0.25) is 0 Å². The molecule has 0 bridgehead atoms. The van der Waals surface area contributed by atoms with E-state index in [1.165, 1.54) is 7.11 Å². The van der Waals surface area contributed by atoms with Gasteiger partial charge in [-0.15, -0.1) is 0 Å². The van der Waals surface area contributed by atoms with Crippen LogP contribution in [0.5, 0.6) is 0 Å². The molecule has 0 aromatic heterocycles. The van der Waals surface area contributed by atoms with Crippen LogP contribution in [-0.4, -0.2) is 13.1 Å². The molecule has 0 saturated carbocycles. The molecule has 0 spiro atoms. The van der Waals surface area contributed by atoms with E-state index in [-0.39, 0.29) is 11.9 Å². The number of ether oxygens (including phenoxy) is 1. The lowest BCUT2D eigenvalue weighted by atomic mass is 9.90. The van der Waals surface area contributed by atoms with Crippen molar-refractivity contribution in [1.82, 2.24) is 0 Å². The van der Waals surface area contributed by atoms with E-state index in [9.17, 15) is 4.79 Å². The SMILES string of the molecule is C=C1CC=CCC1C(=O)OC. The Hall–Kier alpha value is -1.05. The van der Waals surface area contributed by atoms with Crippen LogP contribution in [0, 0.1) is 5.92 Å². The van der Waals surface area contributed by atoms with Crippen LogP contribution in [0.25, 0.3) is 0 Å². The minimum Gasteiger partial charge on any atom is -0.469 e. The molecule has 0 aromatic carbocycles. The van der Waals surface area contributed by atoms with Gasteiger partial charge >= 0.3 is 5.97 Å². The molecule has 2 nitrogen and oxygen atoms in total.